The Kier molecular flexibility index (Phi) is 4.84. The maximum Gasteiger partial charge on any atom is 0.123 e. The lowest BCUT2D eigenvalue weighted by molar-refractivity contribution is 0.249. The first kappa shape index (κ1) is 17.0. The van der Waals surface area contributed by atoms with Crippen molar-refractivity contribution < 1.29 is 4.39 Å². The fourth-order valence-corrected chi connectivity index (χ4v) is 4.79. The predicted molar refractivity (Wildman–Crippen MR) is 101 cm³/mol. The van der Waals surface area contributed by atoms with Crippen molar-refractivity contribution in [2.75, 3.05) is 0 Å². The van der Waals surface area contributed by atoms with Gasteiger partial charge in [0.25, 0.3) is 0 Å². The Morgan fingerprint density at radius 3 is 2.77 bits per heavy atom. The molecule has 26 heavy (non-hydrogen) atoms. The van der Waals surface area contributed by atoms with Gasteiger partial charge in [-0.3, -0.25) is 4.98 Å². The largest absolute Gasteiger partial charge is 0.256 e. The average molecular weight is 346 g/mol. The lowest BCUT2D eigenvalue weighted by Crippen LogP contribution is -2.19. The molecule has 2 aliphatic rings. The summed E-state index contributed by atoms with van der Waals surface area (Å²) in [7, 11) is 0. The maximum absolute atomic E-state index is 13.4. The molecule has 2 aromatic rings. The molecule has 0 aliphatic heterocycles. The van der Waals surface area contributed by atoms with Crippen LogP contribution in [-0.4, -0.2) is 4.98 Å². The second-order valence-corrected chi connectivity index (χ2v) is 7.60. The van der Waals surface area contributed by atoms with E-state index >= 15 is 0 Å². The number of fused-ring (bicyclic) bond motifs is 1. The third-order valence-electron chi connectivity index (χ3n) is 6.08. The molecule has 2 fully saturated rings. The van der Waals surface area contributed by atoms with Crippen molar-refractivity contribution >= 4 is 6.08 Å². The Hall–Kier alpha value is -2.47. The molecule has 1 heterocycles. The standard InChI is InChI=1S/C23H23FN2/c24-20-6-3-5-16(13-20)18-8-9-21(26-15-18)10-11-23-19(14-25)12-17-4-1-2-7-22(17)23/h3,5-6,8-11,13,15,17,19,22-23H,1-2,4,7,12H2/t17-,19-,22-,23-/m1/s1. The molecule has 0 saturated heterocycles. The molecular weight excluding hydrogens is 323 g/mol. The summed E-state index contributed by atoms with van der Waals surface area (Å²) in [5.41, 5.74) is 2.63. The van der Waals surface area contributed by atoms with Crippen molar-refractivity contribution in [3.05, 3.63) is 60.2 Å². The summed E-state index contributed by atoms with van der Waals surface area (Å²) < 4.78 is 13.4. The number of rotatable bonds is 3. The quantitative estimate of drug-likeness (QED) is 0.697. The van der Waals surface area contributed by atoms with E-state index in [4.69, 9.17) is 0 Å². The minimum absolute atomic E-state index is 0.144. The van der Waals surface area contributed by atoms with Crippen LogP contribution in [0.5, 0.6) is 0 Å². The van der Waals surface area contributed by atoms with E-state index in [2.05, 4.69) is 23.2 Å². The van der Waals surface area contributed by atoms with E-state index in [1.54, 1.807) is 12.3 Å². The van der Waals surface area contributed by atoms with E-state index in [1.165, 1.54) is 37.8 Å². The molecule has 0 amide bonds. The summed E-state index contributed by atoms with van der Waals surface area (Å²) in [6.45, 7) is 0. The second kappa shape index (κ2) is 7.41. The zero-order valence-corrected chi connectivity index (χ0v) is 14.8. The number of benzene rings is 1. The number of hydrogen-bond acceptors (Lipinski definition) is 2. The Balaban J connectivity index is 1.50. The van der Waals surface area contributed by atoms with Gasteiger partial charge in [0, 0.05) is 11.8 Å². The molecule has 2 saturated carbocycles. The predicted octanol–water partition coefficient (Wildman–Crippen LogP) is 5.87. The average Bonchev–Trinajstić information content (AvgIpc) is 3.04. The second-order valence-electron chi connectivity index (χ2n) is 7.60. The molecule has 3 heteroatoms. The van der Waals surface area contributed by atoms with E-state index in [0.717, 1.165) is 29.2 Å². The van der Waals surface area contributed by atoms with Gasteiger partial charge in [-0.25, -0.2) is 4.39 Å². The van der Waals surface area contributed by atoms with Gasteiger partial charge in [0.1, 0.15) is 5.82 Å². The lowest BCUT2D eigenvalue weighted by Gasteiger charge is -2.27. The van der Waals surface area contributed by atoms with Crippen LogP contribution in [0, 0.1) is 40.8 Å². The van der Waals surface area contributed by atoms with Gasteiger partial charge in [-0.1, -0.05) is 43.5 Å². The molecule has 2 aliphatic carbocycles. The first-order chi connectivity index (χ1) is 12.7. The highest BCUT2D eigenvalue weighted by Crippen LogP contribution is 2.49. The number of halogens is 1. The SMILES string of the molecule is N#C[C@H]1C[C@H]2CCCC[C@H]2[C@@H]1C=Cc1ccc(-c2cccc(F)c2)cn1. The monoisotopic (exact) mass is 346 g/mol. The molecule has 4 atom stereocenters. The molecule has 2 nitrogen and oxygen atoms in total. The van der Waals surface area contributed by atoms with Crippen LogP contribution in [0.15, 0.2) is 48.7 Å². The van der Waals surface area contributed by atoms with Gasteiger partial charge in [-0.05, 0) is 60.4 Å². The molecule has 1 aromatic heterocycles. The van der Waals surface area contributed by atoms with Crippen LogP contribution in [-0.2, 0) is 0 Å². The van der Waals surface area contributed by atoms with Crippen molar-refractivity contribution in [3.63, 3.8) is 0 Å². The number of aromatic nitrogens is 1. The Morgan fingerprint density at radius 1 is 1.12 bits per heavy atom. The van der Waals surface area contributed by atoms with Gasteiger partial charge in [0.05, 0.1) is 17.7 Å². The fraction of sp³-hybridized carbons (Fsp3) is 0.391. The van der Waals surface area contributed by atoms with E-state index < -0.39 is 0 Å². The minimum Gasteiger partial charge on any atom is -0.256 e. The highest BCUT2D eigenvalue weighted by Gasteiger charge is 2.42. The maximum atomic E-state index is 13.4. The zero-order valence-electron chi connectivity index (χ0n) is 14.8. The number of allylic oxidation sites excluding steroid dienone is 1. The summed E-state index contributed by atoms with van der Waals surface area (Å²) in [6.07, 6.45) is 12.3. The number of hydrogen-bond donors (Lipinski definition) is 0. The topological polar surface area (TPSA) is 36.7 Å². The van der Waals surface area contributed by atoms with Crippen LogP contribution in [0.1, 0.15) is 37.8 Å². The summed E-state index contributed by atoms with van der Waals surface area (Å²) in [5.74, 6) is 1.65. The Morgan fingerprint density at radius 2 is 2.00 bits per heavy atom. The fourth-order valence-electron chi connectivity index (χ4n) is 4.79. The summed E-state index contributed by atoms with van der Waals surface area (Å²) in [5, 5.41) is 9.54. The third kappa shape index (κ3) is 3.42. The van der Waals surface area contributed by atoms with Gasteiger partial charge in [-0.15, -0.1) is 0 Å². The zero-order chi connectivity index (χ0) is 17.9. The molecular formula is C23H23FN2. The first-order valence-electron chi connectivity index (χ1n) is 9.54. The molecule has 132 valence electrons. The smallest absolute Gasteiger partial charge is 0.123 e. The van der Waals surface area contributed by atoms with Gasteiger partial charge < -0.3 is 0 Å². The van der Waals surface area contributed by atoms with Crippen LogP contribution in [0.4, 0.5) is 4.39 Å². The van der Waals surface area contributed by atoms with Crippen LogP contribution < -0.4 is 0 Å². The highest BCUT2D eigenvalue weighted by atomic mass is 19.1. The van der Waals surface area contributed by atoms with E-state index in [1.807, 2.05) is 18.2 Å². The lowest BCUT2D eigenvalue weighted by atomic mass is 9.77. The van der Waals surface area contributed by atoms with Gasteiger partial charge >= 0.3 is 0 Å². The van der Waals surface area contributed by atoms with Crippen LogP contribution in [0.2, 0.25) is 0 Å². The van der Waals surface area contributed by atoms with Crippen molar-refractivity contribution in [3.8, 4) is 17.2 Å². The molecule has 0 unspecified atom stereocenters. The van der Waals surface area contributed by atoms with Gasteiger partial charge in [-0.2, -0.15) is 5.26 Å². The first-order valence-corrected chi connectivity index (χ1v) is 9.54. The molecule has 0 spiro atoms. The van der Waals surface area contributed by atoms with Crippen molar-refractivity contribution in [2.45, 2.75) is 32.1 Å². The molecule has 0 radical (unpaired) electrons. The van der Waals surface area contributed by atoms with Crippen molar-refractivity contribution in [1.29, 1.82) is 5.26 Å². The Labute approximate surface area is 154 Å². The summed E-state index contributed by atoms with van der Waals surface area (Å²) in [6, 6.07) is 13.0. The Bertz CT molecular complexity index is 834. The normalized spacial score (nSPS) is 28.0. The molecule has 0 bridgehead atoms. The number of nitrogens with zero attached hydrogens (tertiary/aromatic N) is 2. The van der Waals surface area contributed by atoms with Gasteiger partial charge in [0.2, 0.25) is 0 Å². The van der Waals surface area contributed by atoms with Crippen LogP contribution in [0.3, 0.4) is 0 Å². The van der Waals surface area contributed by atoms with Crippen molar-refractivity contribution in [1.82, 2.24) is 4.98 Å². The van der Waals surface area contributed by atoms with Gasteiger partial charge in [0.15, 0.2) is 0 Å². The highest BCUT2D eigenvalue weighted by molar-refractivity contribution is 5.63. The van der Waals surface area contributed by atoms with Crippen molar-refractivity contribution in [2.24, 2.45) is 23.7 Å². The number of pyridine rings is 1. The van der Waals surface area contributed by atoms with Crippen LogP contribution >= 0.6 is 0 Å². The summed E-state index contributed by atoms with van der Waals surface area (Å²) in [4.78, 5) is 4.51. The van der Waals surface area contributed by atoms with E-state index in [-0.39, 0.29) is 11.7 Å². The summed E-state index contributed by atoms with van der Waals surface area (Å²) >= 11 is 0. The molecule has 1 aromatic carbocycles. The van der Waals surface area contributed by atoms with E-state index in [0.29, 0.717) is 11.8 Å². The van der Waals surface area contributed by atoms with Crippen LogP contribution in [0.25, 0.3) is 17.2 Å². The third-order valence-corrected chi connectivity index (χ3v) is 6.08. The van der Waals surface area contributed by atoms with E-state index in [9.17, 15) is 9.65 Å². The number of nitriles is 1. The minimum atomic E-state index is -0.239. The molecule has 4 rings (SSSR count). The molecule has 0 N–H and O–H groups in total.